The third kappa shape index (κ3) is 4.56. The Bertz CT molecular complexity index is 1320. The Morgan fingerprint density at radius 1 is 1.03 bits per heavy atom. The monoisotopic (exact) mass is 460 g/mol. The first-order valence-electron chi connectivity index (χ1n) is 10.7. The van der Waals surface area contributed by atoms with E-state index in [0.29, 0.717) is 35.1 Å². The second-order valence-corrected chi connectivity index (χ2v) is 7.76. The van der Waals surface area contributed by atoms with Crippen molar-refractivity contribution in [2.45, 2.75) is 13.0 Å². The van der Waals surface area contributed by atoms with Gasteiger partial charge < -0.3 is 19.3 Å². The lowest BCUT2D eigenvalue weighted by Crippen LogP contribution is -2.10. The summed E-state index contributed by atoms with van der Waals surface area (Å²) in [6, 6.07) is 21.5. The van der Waals surface area contributed by atoms with E-state index >= 15 is 0 Å². The van der Waals surface area contributed by atoms with Crippen molar-refractivity contribution in [1.29, 1.82) is 0 Å². The minimum atomic E-state index is -1.09. The summed E-state index contributed by atoms with van der Waals surface area (Å²) in [7, 11) is 0. The molecule has 0 radical (unpaired) electrons. The van der Waals surface area contributed by atoms with Crippen LogP contribution >= 0.6 is 0 Å². The summed E-state index contributed by atoms with van der Waals surface area (Å²) in [4.78, 5) is 11.1. The number of aromatic nitrogens is 2. The molecule has 34 heavy (non-hydrogen) atoms. The lowest BCUT2D eigenvalue weighted by molar-refractivity contribution is -0.139. The van der Waals surface area contributed by atoms with E-state index in [1.54, 1.807) is 24.3 Å². The summed E-state index contributed by atoms with van der Waals surface area (Å²) in [5.41, 5.74) is 3.92. The van der Waals surface area contributed by atoms with Gasteiger partial charge in [-0.2, -0.15) is 5.10 Å². The molecule has 1 N–H and O–H groups in total. The molecule has 7 nitrogen and oxygen atoms in total. The van der Waals surface area contributed by atoms with Crippen molar-refractivity contribution in [3.8, 4) is 39.8 Å². The van der Waals surface area contributed by atoms with Crippen LogP contribution in [0.1, 0.15) is 5.56 Å². The van der Waals surface area contributed by atoms with Crippen LogP contribution in [0.4, 0.5) is 4.39 Å². The van der Waals surface area contributed by atoms with Crippen molar-refractivity contribution >= 4 is 5.97 Å². The summed E-state index contributed by atoms with van der Waals surface area (Å²) >= 11 is 0. The molecule has 0 amide bonds. The van der Waals surface area contributed by atoms with Gasteiger partial charge in [-0.3, -0.25) is 4.68 Å². The predicted molar refractivity (Wildman–Crippen MR) is 122 cm³/mol. The van der Waals surface area contributed by atoms with Crippen molar-refractivity contribution in [2.75, 3.05) is 13.4 Å². The van der Waals surface area contributed by atoms with E-state index in [2.05, 4.69) is 12.1 Å². The first-order chi connectivity index (χ1) is 16.6. The Balaban J connectivity index is 1.56. The maximum Gasteiger partial charge on any atom is 0.341 e. The first-order valence-corrected chi connectivity index (χ1v) is 10.7. The highest BCUT2D eigenvalue weighted by Gasteiger charge is 2.22. The SMILES string of the molecule is O=C(O)COc1cc2c(cc1-c1cc(-c3ccc(F)cc3)n(CCc3ccccc3)n1)OCO2. The number of hydrogen-bond acceptors (Lipinski definition) is 5. The quantitative estimate of drug-likeness (QED) is 0.407. The van der Waals surface area contributed by atoms with Gasteiger partial charge in [-0.05, 0) is 48.4 Å². The number of aliphatic carboxylic acids is 1. The highest BCUT2D eigenvalue weighted by atomic mass is 19.1. The van der Waals surface area contributed by atoms with Gasteiger partial charge in [0, 0.05) is 23.7 Å². The van der Waals surface area contributed by atoms with Crippen molar-refractivity contribution < 1.29 is 28.5 Å². The molecule has 0 unspecified atom stereocenters. The van der Waals surface area contributed by atoms with Crippen LogP contribution in [-0.2, 0) is 17.8 Å². The number of carboxylic acids is 1. The van der Waals surface area contributed by atoms with Crippen molar-refractivity contribution in [3.63, 3.8) is 0 Å². The second-order valence-electron chi connectivity index (χ2n) is 7.76. The van der Waals surface area contributed by atoms with Crippen LogP contribution < -0.4 is 14.2 Å². The maximum absolute atomic E-state index is 13.6. The average Bonchev–Trinajstić information content (AvgIpc) is 3.48. The summed E-state index contributed by atoms with van der Waals surface area (Å²) in [5, 5.41) is 13.9. The van der Waals surface area contributed by atoms with Gasteiger partial charge in [0.25, 0.3) is 0 Å². The molecule has 0 saturated heterocycles. The van der Waals surface area contributed by atoms with Crippen molar-refractivity contribution in [2.24, 2.45) is 0 Å². The molecule has 5 rings (SSSR count). The van der Waals surface area contributed by atoms with Gasteiger partial charge in [-0.1, -0.05) is 30.3 Å². The number of ether oxygens (including phenoxy) is 3. The molecular formula is C26H21FN2O5. The number of carbonyl (C=O) groups is 1. The zero-order valence-corrected chi connectivity index (χ0v) is 18.1. The predicted octanol–water partition coefficient (Wildman–Crippen LogP) is 4.79. The fraction of sp³-hybridized carbons (Fsp3) is 0.154. The third-order valence-electron chi connectivity index (χ3n) is 5.48. The topological polar surface area (TPSA) is 82.8 Å². The van der Waals surface area contributed by atoms with E-state index in [9.17, 15) is 9.18 Å². The maximum atomic E-state index is 13.6. The minimum absolute atomic E-state index is 0.0729. The molecule has 0 fully saturated rings. The van der Waals surface area contributed by atoms with Crippen LogP contribution in [0.5, 0.6) is 17.2 Å². The molecule has 0 atom stereocenters. The van der Waals surface area contributed by atoms with E-state index in [-0.39, 0.29) is 12.6 Å². The largest absolute Gasteiger partial charge is 0.481 e. The van der Waals surface area contributed by atoms with E-state index in [4.69, 9.17) is 24.4 Å². The zero-order valence-electron chi connectivity index (χ0n) is 18.1. The van der Waals surface area contributed by atoms with Crippen LogP contribution in [0.25, 0.3) is 22.5 Å². The second kappa shape index (κ2) is 9.27. The molecule has 8 heteroatoms. The van der Waals surface area contributed by atoms with E-state index in [1.807, 2.05) is 28.9 Å². The number of aryl methyl sites for hydroxylation is 2. The first kappa shape index (κ1) is 21.5. The molecule has 2 heterocycles. The lowest BCUT2D eigenvalue weighted by Gasteiger charge is -2.10. The van der Waals surface area contributed by atoms with Gasteiger partial charge >= 0.3 is 5.97 Å². The molecule has 172 valence electrons. The molecule has 0 spiro atoms. The molecule has 1 aromatic heterocycles. The van der Waals surface area contributed by atoms with Crippen LogP contribution in [0.15, 0.2) is 72.8 Å². The smallest absolute Gasteiger partial charge is 0.341 e. The highest BCUT2D eigenvalue weighted by molar-refractivity contribution is 5.76. The Morgan fingerprint density at radius 3 is 2.50 bits per heavy atom. The number of hydrogen-bond donors (Lipinski definition) is 1. The Kier molecular flexibility index (Phi) is 5.86. The molecule has 4 aromatic rings. The fourth-order valence-electron chi connectivity index (χ4n) is 3.83. The van der Waals surface area contributed by atoms with Gasteiger partial charge in [0.15, 0.2) is 18.1 Å². The highest BCUT2D eigenvalue weighted by Crippen LogP contribution is 2.43. The van der Waals surface area contributed by atoms with E-state index in [1.165, 1.54) is 12.1 Å². The summed E-state index contributed by atoms with van der Waals surface area (Å²) in [6.45, 7) is 0.155. The normalized spacial score (nSPS) is 12.0. The number of halogens is 1. The summed E-state index contributed by atoms with van der Waals surface area (Å²) in [6.07, 6.45) is 0.750. The average molecular weight is 460 g/mol. The van der Waals surface area contributed by atoms with Gasteiger partial charge in [0.2, 0.25) is 6.79 Å². The van der Waals surface area contributed by atoms with Crippen LogP contribution in [0.2, 0.25) is 0 Å². The van der Waals surface area contributed by atoms with Gasteiger partial charge in [-0.25, -0.2) is 9.18 Å². The fourth-order valence-corrected chi connectivity index (χ4v) is 3.83. The van der Waals surface area contributed by atoms with Crippen LogP contribution in [0, 0.1) is 5.82 Å². The van der Waals surface area contributed by atoms with Crippen molar-refractivity contribution in [3.05, 3.63) is 84.2 Å². The van der Waals surface area contributed by atoms with E-state index < -0.39 is 12.6 Å². The Morgan fingerprint density at radius 2 is 1.76 bits per heavy atom. The zero-order chi connectivity index (χ0) is 23.5. The van der Waals surface area contributed by atoms with Crippen LogP contribution in [0.3, 0.4) is 0 Å². The molecule has 1 aliphatic rings. The number of rotatable bonds is 8. The molecule has 0 saturated carbocycles. The van der Waals surface area contributed by atoms with E-state index in [0.717, 1.165) is 23.2 Å². The molecule has 1 aliphatic heterocycles. The molecule has 0 bridgehead atoms. The van der Waals surface area contributed by atoms with Gasteiger partial charge in [0.05, 0.1) is 11.4 Å². The standard InChI is InChI=1S/C26H21FN2O5/c27-19-8-6-18(7-9-19)22-13-21(28-29(22)11-10-17-4-2-1-3-5-17)20-12-24-25(34-16-33-24)14-23(20)32-15-26(30)31/h1-9,12-14H,10-11,15-16H2,(H,30,31). The van der Waals surface area contributed by atoms with Crippen molar-refractivity contribution in [1.82, 2.24) is 9.78 Å². The Labute approximate surface area is 194 Å². The number of carboxylic acid groups (broad SMARTS) is 1. The number of nitrogens with zero attached hydrogens (tertiary/aromatic N) is 2. The summed E-state index contributed by atoms with van der Waals surface area (Å²) < 4.78 is 31.9. The van der Waals surface area contributed by atoms with Gasteiger partial charge in [0.1, 0.15) is 11.6 Å². The van der Waals surface area contributed by atoms with Crippen LogP contribution in [-0.4, -0.2) is 34.3 Å². The lowest BCUT2D eigenvalue weighted by atomic mass is 10.1. The molecule has 3 aromatic carbocycles. The minimum Gasteiger partial charge on any atom is -0.481 e. The Hall–Kier alpha value is -4.33. The number of benzene rings is 3. The third-order valence-corrected chi connectivity index (χ3v) is 5.48. The molecule has 0 aliphatic carbocycles. The number of fused-ring (bicyclic) bond motifs is 1. The summed E-state index contributed by atoms with van der Waals surface area (Å²) in [5.74, 6) is -0.0836. The molecular weight excluding hydrogens is 439 g/mol. The van der Waals surface area contributed by atoms with Gasteiger partial charge in [-0.15, -0.1) is 0 Å².